The molecule has 18 heavy (non-hydrogen) atoms. The number of aliphatic hydroxyl groups is 1. The Morgan fingerprint density at radius 1 is 1.17 bits per heavy atom. The Morgan fingerprint density at radius 3 is 2.39 bits per heavy atom. The van der Waals surface area contributed by atoms with E-state index in [0.717, 1.165) is 51.4 Å². The molecule has 1 rings (SSSR count). The van der Waals surface area contributed by atoms with E-state index in [1.54, 1.807) is 0 Å². The lowest BCUT2D eigenvalue weighted by Gasteiger charge is -2.24. The number of nitrogens with one attached hydrogen (secondary N) is 1. The molecule has 3 heteroatoms. The van der Waals surface area contributed by atoms with Crippen LogP contribution in [0.3, 0.4) is 0 Å². The molecule has 2 N–H and O–H groups in total. The molecule has 0 saturated heterocycles. The van der Waals surface area contributed by atoms with Crippen LogP contribution in [0.5, 0.6) is 0 Å². The highest BCUT2D eigenvalue weighted by atomic mass is 16.3. The van der Waals surface area contributed by atoms with Crippen LogP contribution in [0.25, 0.3) is 0 Å². The summed E-state index contributed by atoms with van der Waals surface area (Å²) in [7, 11) is 0. The zero-order chi connectivity index (χ0) is 13.4. The third kappa shape index (κ3) is 4.97. The largest absolute Gasteiger partial charge is 0.391 e. The first-order valence-corrected chi connectivity index (χ1v) is 7.67. The van der Waals surface area contributed by atoms with Crippen LogP contribution in [0, 0.1) is 5.92 Å². The minimum atomic E-state index is -0.347. The summed E-state index contributed by atoms with van der Waals surface area (Å²) in [6, 6.07) is -0.0174. The van der Waals surface area contributed by atoms with Crippen LogP contribution in [-0.4, -0.2) is 23.2 Å². The van der Waals surface area contributed by atoms with Crippen molar-refractivity contribution < 1.29 is 9.90 Å². The van der Waals surface area contributed by atoms with Crippen molar-refractivity contribution in [3.05, 3.63) is 0 Å². The third-order valence-corrected chi connectivity index (χ3v) is 3.95. The van der Waals surface area contributed by atoms with E-state index in [1.165, 1.54) is 6.42 Å². The highest BCUT2D eigenvalue weighted by Crippen LogP contribution is 2.20. The molecule has 0 aromatic rings. The highest BCUT2D eigenvalue weighted by molar-refractivity contribution is 5.78. The van der Waals surface area contributed by atoms with Crippen LogP contribution in [-0.2, 0) is 4.79 Å². The number of aliphatic hydroxyl groups excluding tert-OH is 1. The number of carbonyl (C=O) groups excluding carboxylic acids is 1. The third-order valence-electron chi connectivity index (χ3n) is 3.95. The van der Waals surface area contributed by atoms with Gasteiger partial charge in [0.2, 0.25) is 5.91 Å². The van der Waals surface area contributed by atoms with Crippen molar-refractivity contribution in [1.82, 2.24) is 5.32 Å². The second-order valence-corrected chi connectivity index (χ2v) is 5.59. The maximum Gasteiger partial charge on any atom is 0.223 e. The van der Waals surface area contributed by atoms with E-state index >= 15 is 0 Å². The van der Waals surface area contributed by atoms with E-state index in [-0.39, 0.29) is 24.0 Å². The van der Waals surface area contributed by atoms with Gasteiger partial charge >= 0.3 is 0 Å². The number of hydrogen-bond donors (Lipinski definition) is 2. The van der Waals surface area contributed by atoms with Crippen LogP contribution in [0.2, 0.25) is 0 Å². The molecule has 0 bridgehead atoms. The van der Waals surface area contributed by atoms with Gasteiger partial charge in [-0.25, -0.2) is 0 Å². The molecule has 0 aromatic heterocycles. The van der Waals surface area contributed by atoms with Crippen molar-refractivity contribution in [2.24, 2.45) is 5.92 Å². The average molecular weight is 255 g/mol. The van der Waals surface area contributed by atoms with Gasteiger partial charge in [0.1, 0.15) is 0 Å². The van der Waals surface area contributed by atoms with Crippen LogP contribution in [0.4, 0.5) is 0 Å². The quantitative estimate of drug-likeness (QED) is 0.717. The molecule has 0 heterocycles. The van der Waals surface area contributed by atoms with Crippen molar-refractivity contribution in [3.63, 3.8) is 0 Å². The highest BCUT2D eigenvalue weighted by Gasteiger charge is 2.25. The summed E-state index contributed by atoms with van der Waals surface area (Å²) in [6.07, 6.45) is 8.81. The van der Waals surface area contributed by atoms with Gasteiger partial charge in [0.25, 0.3) is 0 Å². The van der Waals surface area contributed by atoms with Crippen molar-refractivity contribution in [2.75, 3.05) is 0 Å². The van der Waals surface area contributed by atoms with Gasteiger partial charge in [0.05, 0.1) is 12.1 Å². The van der Waals surface area contributed by atoms with Gasteiger partial charge in [-0.15, -0.1) is 0 Å². The van der Waals surface area contributed by atoms with E-state index in [2.05, 4.69) is 19.2 Å². The van der Waals surface area contributed by atoms with E-state index in [4.69, 9.17) is 0 Å². The number of rotatable bonds is 6. The van der Waals surface area contributed by atoms with Crippen molar-refractivity contribution in [1.29, 1.82) is 0 Å². The predicted molar refractivity (Wildman–Crippen MR) is 74.3 cm³/mol. The molecule has 106 valence electrons. The second kappa shape index (κ2) is 8.52. The predicted octanol–water partition coefficient (Wildman–Crippen LogP) is 3.01. The Kier molecular flexibility index (Phi) is 7.33. The standard InChI is InChI=1S/C15H29NO2/c1-3-8-12(9-4-2)15(18)16-13-10-6-5-7-11-14(13)17/h12-14,17H,3-11H2,1-2H3,(H,16,18). The SMILES string of the molecule is CCCC(CCC)C(=O)NC1CCCCCC1O. The molecular weight excluding hydrogens is 226 g/mol. The lowest BCUT2D eigenvalue weighted by atomic mass is 9.96. The molecule has 1 aliphatic carbocycles. The fourth-order valence-corrected chi connectivity index (χ4v) is 2.86. The topological polar surface area (TPSA) is 49.3 Å². The van der Waals surface area contributed by atoms with Gasteiger partial charge in [-0.2, -0.15) is 0 Å². The van der Waals surface area contributed by atoms with Gasteiger partial charge in [-0.05, 0) is 25.7 Å². The number of amides is 1. The molecule has 1 aliphatic rings. The normalized spacial score (nSPS) is 24.9. The average Bonchev–Trinajstić information content (AvgIpc) is 2.55. The lowest BCUT2D eigenvalue weighted by Crippen LogP contribution is -2.45. The van der Waals surface area contributed by atoms with Crippen molar-refractivity contribution in [2.45, 2.75) is 83.8 Å². The molecule has 0 spiro atoms. The Hall–Kier alpha value is -0.570. The van der Waals surface area contributed by atoms with Crippen molar-refractivity contribution in [3.8, 4) is 0 Å². The van der Waals surface area contributed by atoms with E-state index in [1.807, 2.05) is 0 Å². The van der Waals surface area contributed by atoms with Crippen LogP contribution in [0.15, 0.2) is 0 Å². The summed E-state index contributed by atoms with van der Waals surface area (Å²) >= 11 is 0. The molecule has 0 aliphatic heterocycles. The minimum Gasteiger partial charge on any atom is -0.391 e. The van der Waals surface area contributed by atoms with Gasteiger partial charge in [0.15, 0.2) is 0 Å². The zero-order valence-electron chi connectivity index (χ0n) is 12.0. The molecule has 1 saturated carbocycles. The molecule has 2 atom stereocenters. The Morgan fingerprint density at radius 2 is 1.78 bits per heavy atom. The summed E-state index contributed by atoms with van der Waals surface area (Å²) in [4.78, 5) is 12.2. The van der Waals surface area contributed by atoms with Gasteiger partial charge in [0, 0.05) is 5.92 Å². The summed E-state index contributed by atoms with van der Waals surface area (Å²) in [5.74, 6) is 0.292. The molecule has 3 nitrogen and oxygen atoms in total. The molecule has 1 fully saturated rings. The first kappa shape index (κ1) is 15.5. The lowest BCUT2D eigenvalue weighted by molar-refractivity contribution is -0.127. The first-order chi connectivity index (χ1) is 8.69. The second-order valence-electron chi connectivity index (χ2n) is 5.59. The molecule has 2 unspecified atom stereocenters. The molecule has 0 aromatic carbocycles. The fourth-order valence-electron chi connectivity index (χ4n) is 2.86. The summed E-state index contributed by atoms with van der Waals surface area (Å²) in [5.41, 5.74) is 0. The van der Waals surface area contributed by atoms with Gasteiger partial charge in [-0.1, -0.05) is 46.0 Å². The Bertz CT molecular complexity index is 237. The van der Waals surface area contributed by atoms with E-state index in [9.17, 15) is 9.90 Å². The minimum absolute atomic E-state index is 0.0174. The summed E-state index contributed by atoms with van der Waals surface area (Å²) in [5, 5.41) is 13.1. The van der Waals surface area contributed by atoms with Crippen LogP contribution in [0.1, 0.15) is 71.6 Å². The van der Waals surface area contributed by atoms with E-state index in [0.29, 0.717) is 0 Å². The maximum absolute atomic E-state index is 12.2. The number of hydrogen-bond acceptors (Lipinski definition) is 2. The smallest absolute Gasteiger partial charge is 0.223 e. The summed E-state index contributed by atoms with van der Waals surface area (Å²) in [6.45, 7) is 4.24. The number of carbonyl (C=O) groups is 1. The van der Waals surface area contributed by atoms with Crippen LogP contribution < -0.4 is 5.32 Å². The molecule has 1 amide bonds. The maximum atomic E-state index is 12.2. The fraction of sp³-hybridized carbons (Fsp3) is 0.933. The summed E-state index contributed by atoms with van der Waals surface area (Å²) < 4.78 is 0. The Balaban J connectivity index is 2.49. The monoisotopic (exact) mass is 255 g/mol. The molecular formula is C15H29NO2. The first-order valence-electron chi connectivity index (χ1n) is 7.67. The molecule has 0 radical (unpaired) electrons. The van der Waals surface area contributed by atoms with Gasteiger partial charge < -0.3 is 10.4 Å². The van der Waals surface area contributed by atoms with Crippen molar-refractivity contribution >= 4 is 5.91 Å². The zero-order valence-corrected chi connectivity index (χ0v) is 12.0. The van der Waals surface area contributed by atoms with Gasteiger partial charge in [-0.3, -0.25) is 4.79 Å². The Labute approximate surface area is 111 Å². The van der Waals surface area contributed by atoms with Crippen LogP contribution >= 0.6 is 0 Å². The van der Waals surface area contributed by atoms with E-state index < -0.39 is 0 Å².